The lowest BCUT2D eigenvalue weighted by Crippen LogP contribution is -2.06. The van der Waals surface area contributed by atoms with Crippen molar-refractivity contribution in [1.29, 1.82) is 0 Å². The Hall–Kier alpha value is -2.11. The Labute approximate surface area is 87.0 Å². The molecule has 3 N–H and O–H groups in total. The standard InChI is InChI=1S/C9H12N4O2/c1-6(2)5-11-8-4-3-7(13(14)15)9(10)12-8/h3-4H,1,5H2,2H3,(H3,10,11,12). The highest BCUT2D eigenvalue weighted by Crippen LogP contribution is 2.20. The lowest BCUT2D eigenvalue weighted by Gasteiger charge is -2.05. The number of hydrogen-bond acceptors (Lipinski definition) is 5. The van der Waals surface area contributed by atoms with Crippen molar-refractivity contribution in [2.75, 3.05) is 17.6 Å². The van der Waals surface area contributed by atoms with Gasteiger partial charge in [0.25, 0.3) is 0 Å². The summed E-state index contributed by atoms with van der Waals surface area (Å²) in [6, 6.07) is 2.83. The van der Waals surface area contributed by atoms with Gasteiger partial charge in [0.2, 0.25) is 5.82 Å². The molecule has 0 saturated heterocycles. The molecule has 1 heterocycles. The first-order valence-electron chi connectivity index (χ1n) is 4.30. The second-order valence-electron chi connectivity index (χ2n) is 3.17. The van der Waals surface area contributed by atoms with Gasteiger partial charge in [-0.15, -0.1) is 0 Å². The van der Waals surface area contributed by atoms with Gasteiger partial charge in [0.1, 0.15) is 5.82 Å². The Morgan fingerprint density at radius 2 is 2.40 bits per heavy atom. The minimum atomic E-state index is -0.565. The number of anilines is 2. The highest BCUT2D eigenvalue weighted by atomic mass is 16.6. The molecular formula is C9H12N4O2. The van der Waals surface area contributed by atoms with E-state index < -0.39 is 4.92 Å². The Morgan fingerprint density at radius 3 is 2.87 bits per heavy atom. The smallest absolute Gasteiger partial charge is 0.311 e. The van der Waals surface area contributed by atoms with E-state index >= 15 is 0 Å². The fourth-order valence-corrected chi connectivity index (χ4v) is 0.962. The van der Waals surface area contributed by atoms with Crippen LogP contribution in [0.15, 0.2) is 24.3 Å². The molecule has 1 rings (SSSR count). The second kappa shape index (κ2) is 4.41. The average Bonchev–Trinajstić information content (AvgIpc) is 2.14. The van der Waals surface area contributed by atoms with Crippen LogP contribution in [-0.2, 0) is 0 Å². The van der Waals surface area contributed by atoms with Crippen molar-refractivity contribution in [1.82, 2.24) is 4.98 Å². The van der Waals surface area contributed by atoms with Crippen LogP contribution in [-0.4, -0.2) is 16.5 Å². The molecule has 80 valence electrons. The van der Waals surface area contributed by atoms with E-state index in [-0.39, 0.29) is 11.5 Å². The predicted octanol–water partition coefficient (Wildman–Crippen LogP) is 1.56. The lowest BCUT2D eigenvalue weighted by molar-refractivity contribution is -0.384. The van der Waals surface area contributed by atoms with Gasteiger partial charge in [-0.1, -0.05) is 12.2 Å². The molecule has 0 amide bonds. The Kier molecular flexibility index (Phi) is 3.22. The van der Waals surface area contributed by atoms with Crippen molar-refractivity contribution < 1.29 is 4.92 Å². The molecule has 1 aromatic heterocycles. The van der Waals surface area contributed by atoms with Crippen LogP contribution in [0.4, 0.5) is 17.3 Å². The number of nitrogens with zero attached hydrogens (tertiary/aromatic N) is 2. The van der Waals surface area contributed by atoms with Crippen LogP contribution in [0.2, 0.25) is 0 Å². The van der Waals surface area contributed by atoms with Crippen LogP contribution >= 0.6 is 0 Å². The maximum Gasteiger partial charge on any atom is 0.311 e. The van der Waals surface area contributed by atoms with E-state index in [1.165, 1.54) is 12.1 Å². The third kappa shape index (κ3) is 2.94. The van der Waals surface area contributed by atoms with Crippen molar-refractivity contribution in [3.63, 3.8) is 0 Å². The fourth-order valence-electron chi connectivity index (χ4n) is 0.962. The molecule has 0 spiro atoms. The quantitative estimate of drug-likeness (QED) is 0.445. The number of nitro groups is 1. The maximum absolute atomic E-state index is 10.5. The molecule has 0 aromatic carbocycles. The highest BCUT2D eigenvalue weighted by Gasteiger charge is 2.12. The Balaban J connectivity index is 2.82. The summed E-state index contributed by atoms with van der Waals surface area (Å²) in [6.07, 6.45) is 0. The van der Waals surface area contributed by atoms with E-state index in [4.69, 9.17) is 5.73 Å². The molecule has 1 aromatic rings. The topological polar surface area (TPSA) is 94.1 Å². The zero-order valence-electron chi connectivity index (χ0n) is 8.36. The van der Waals surface area contributed by atoms with E-state index in [9.17, 15) is 10.1 Å². The van der Waals surface area contributed by atoms with Crippen molar-refractivity contribution >= 4 is 17.3 Å². The van der Waals surface area contributed by atoms with Gasteiger partial charge in [-0.05, 0) is 13.0 Å². The lowest BCUT2D eigenvalue weighted by atomic mass is 10.3. The largest absolute Gasteiger partial charge is 0.378 e. The highest BCUT2D eigenvalue weighted by molar-refractivity contribution is 5.57. The van der Waals surface area contributed by atoms with E-state index in [1.807, 2.05) is 6.92 Å². The maximum atomic E-state index is 10.5. The molecule has 0 aliphatic rings. The first kappa shape index (κ1) is 11.0. The van der Waals surface area contributed by atoms with Gasteiger partial charge in [0.15, 0.2) is 0 Å². The summed E-state index contributed by atoms with van der Waals surface area (Å²) in [5, 5.41) is 13.4. The molecule has 0 unspecified atom stereocenters. The number of nitrogen functional groups attached to an aromatic ring is 1. The van der Waals surface area contributed by atoms with Crippen LogP contribution < -0.4 is 11.1 Å². The van der Waals surface area contributed by atoms with Crippen molar-refractivity contribution in [3.05, 3.63) is 34.4 Å². The molecule has 6 heteroatoms. The zero-order valence-corrected chi connectivity index (χ0v) is 8.36. The van der Waals surface area contributed by atoms with E-state index in [0.29, 0.717) is 12.4 Å². The van der Waals surface area contributed by atoms with Gasteiger partial charge >= 0.3 is 5.69 Å². The van der Waals surface area contributed by atoms with Gasteiger partial charge in [-0.25, -0.2) is 4.98 Å². The molecule has 0 aliphatic carbocycles. The summed E-state index contributed by atoms with van der Waals surface area (Å²) in [6.45, 7) is 6.13. The SMILES string of the molecule is C=C(C)CNc1ccc([N+](=O)[O-])c(N)n1. The van der Waals surface area contributed by atoms with Crippen molar-refractivity contribution in [2.45, 2.75) is 6.92 Å². The van der Waals surface area contributed by atoms with Crippen LogP contribution in [0.3, 0.4) is 0 Å². The van der Waals surface area contributed by atoms with Gasteiger partial charge in [-0.2, -0.15) is 0 Å². The molecule has 15 heavy (non-hydrogen) atoms. The van der Waals surface area contributed by atoms with Crippen molar-refractivity contribution in [3.8, 4) is 0 Å². The van der Waals surface area contributed by atoms with E-state index in [1.54, 1.807) is 0 Å². The van der Waals surface area contributed by atoms with Gasteiger partial charge in [0, 0.05) is 12.6 Å². The number of rotatable bonds is 4. The summed E-state index contributed by atoms with van der Waals surface area (Å²) < 4.78 is 0. The first-order chi connectivity index (χ1) is 7.00. The van der Waals surface area contributed by atoms with E-state index in [0.717, 1.165) is 5.57 Å². The number of aromatic nitrogens is 1. The average molecular weight is 208 g/mol. The Bertz CT molecular complexity index is 403. The summed E-state index contributed by atoms with van der Waals surface area (Å²) in [7, 11) is 0. The van der Waals surface area contributed by atoms with Crippen molar-refractivity contribution in [2.24, 2.45) is 0 Å². The molecule has 0 aliphatic heterocycles. The van der Waals surface area contributed by atoms with Crippen LogP contribution in [0.5, 0.6) is 0 Å². The van der Waals surface area contributed by atoms with Crippen LogP contribution in [0.25, 0.3) is 0 Å². The van der Waals surface area contributed by atoms with Gasteiger partial charge in [-0.3, -0.25) is 10.1 Å². The molecular weight excluding hydrogens is 196 g/mol. The zero-order chi connectivity index (χ0) is 11.4. The number of pyridine rings is 1. The molecule has 0 radical (unpaired) electrons. The molecule has 0 atom stereocenters. The molecule has 0 bridgehead atoms. The minimum Gasteiger partial charge on any atom is -0.378 e. The normalized spacial score (nSPS) is 9.67. The molecule has 6 nitrogen and oxygen atoms in total. The summed E-state index contributed by atoms with van der Waals surface area (Å²) in [5.74, 6) is 0.410. The monoisotopic (exact) mass is 208 g/mol. The summed E-state index contributed by atoms with van der Waals surface area (Å²) in [5.41, 5.74) is 6.17. The number of nitrogens with two attached hydrogens (primary N) is 1. The van der Waals surface area contributed by atoms with Gasteiger partial charge < -0.3 is 11.1 Å². The Morgan fingerprint density at radius 1 is 1.73 bits per heavy atom. The van der Waals surface area contributed by atoms with Gasteiger partial charge in [0.05, 0.1) is 4.92 Å². The first-order valence-corrected chi connectivity index (χ1v) is 4.30. The number of hydrogen-bond donors (Lipinski definition) is 2. The minimum absolute atomic E-state index is 0.0910. The fraction of sp³-hybridized carbons (Fsp3) is 0.222. The summed E-state index contributed by atoms with van der Waals surface area (Å²) in [4.78, 5) is 13.7. The second-order valence-corrected chi connectivity index (χ2v) is 3.17. The van der Waals surface area contributed by atoms with Crippen LogP contribution in [0.1, 0.15) is 6.92 Å². The third-order valence-electron chi connectivity index (χ3n) is 1.67. The molecule has 0 saturated carbocycles. The third-order valence-corrected chi connectivity index (χ3v) is 1.67. The predicted molar refractivity (Wildman–Crippen MR) is 58.6 cm³/mol. The van der Waals surface area contributed by atoms with Crippen LogP contribution in [0, 0.1) is 10.1 Å². The van der Waals surface area contributed by atoms with E-state index in [2.05, 4.69) is 16.9 Å². The summed E-state index contributed by atoms with van der Waals surface area (Å²) >= 11 is 0. The molecule has 0 fully saturated rings. The number of nitrogens with one attached hydrogen (secondary N) is 1.